The van der Waals surface area contributed by atoms with Crippen LogP contribution in [0.2, 0.25) is 10.0 Å². The third-order valence-electron chi connectivity index (χ3n) is 8.81. The Labute approximate surface area is 253 Å². The molecule has 1 aromatic heterocycles. The molecule has 2 heterocycles. The molecule has 1 aliphatic carbocycles. The molecule has 210 valence electrons. The van der Waals surface area contributed by atoms with Crippen LogP contribution in [0.3, 0.4) is 0 Å². The molecule has 2 aliphatic rings. The van der Waals surface area contributed by atoms with E-state index in [2.05, 4.69) is 4.98 Å². The van der Waals surface area contributed by atoms with E-state index in [1.165, 1.54) is 37.1 Å². The maximum absolute atomic E-state index is 16.5. The molecule has 1 aliphatic heterocycles. The summed E-state index contributed by atoms with van der Waals surface area (Å²) in [6.45, 7) is 3.04. The second-order valence-corrected chi connectivity index (χ2v) is 13.6. The summed E-state index contributed by atoms with van der Waals surface area (Å²) in [6.07, 6.45) is 2.87. The van der Waals surface area contributed by atoms with Crippen LogP contribution in [-0.4, -0.2) is 68.2 Å². The summed E-state index contributed by atoms with van der Waals surface area (Å²) in [4.78, 5) is 20.3. The van der Waals surface area contributed by atoms with Crippen LogP contribution in [0.25, 0.3) is 0 Å². The van der Waals surface area contributed by atoms with Crippen molar-refractivity contribution in [2.75, 3.05) is 0 Å². The van der Waals surface area contributed by atoms with Crippen molar-refractivity contribution in [2.45, 2.75) is 55.4 Å². The smallest absolute Gasteiger partial charge is 0.257 e. The molecule has 5 rings (SSSR count). The van der Waals surface area contributed by atoms with E-state index >= 15 is 4.39 Å². The van der Waals surface area contributed by atoms with Gasteiger partial charge < -0.3 is 14.9 Å². The molecule has 2 aromatic carbocycles. The fourth-order valence-corrected chi connectivity index (χ4v) is 6.66. The molecule has 13 heteroatoms. The van der Waals surface area contributed by atoms with Crippen LogP contribution in [0, 0.1) is 11.2 Å². The van der Waals surface area contributed by atoms with E-state index in [1.807, 2.05) is 15.7 Å². The van der Waals surface area contributed by atoms with Crippen LogP contribution in [0.5, 0.6) is 0 Å². The lowest BCUT2D eigenvalue weighted by Crippen LogP contribution is -2.62. The van der Waals surface area contributed by atoms with Gasteiger partial charge in [-0.15, -0.1) is 0 Å². The van der Waals surface area contributed by atoms with Gasteiger partial charge in [0.25, 0.3) is 5.91 Å². The summed E-state index contributed by atoms with van der Waals surface area (Å²) >= 11 is 12.4. The number of ether oxygens (including phenoxy) is 1. The minimum Gasteiger partial charge on any atom is -0.407 e. The number of pyridine rings is 1. The van der Waals surface area contributed by atoms with Crippen molar-refractivity contribution < 1.29 is 24.1 Å². The fourth-order valence-electron chi connectivity index (χ4n) is 6.42. The minimum atomic E-state index is -1.76. The second kappa shape index (κ2) is 9.88. The summed E-state index contributed by atoms with van der Waals surface area (Å²) in [5, 5.41) is 20.7. The van der Waals surface area contributed by atoms with Gasteiger partial charge in [-0.1, -0.05) is 35.3 Å². The predicted octanol–water partition coefficient (Wildman–Crippen LogP) is 1.24. The molecule has 3 aromatic rings. The molecular weight excluding hydrogens is 561 g/mol. The number of fused-ring (bicyclic) bond motifs is 1. The van der Waals surface area contributed by atoms with Crippen molar-refractivity contribution in [2.24, 2.45) is 5.41 Å². The Balaban J connectivity index is 1.81. The van der Waals surface area contributed by atoms with Gasteiger partial charge in [0.1, 0.15) is 37.2 Å². The molecule has 1 saturated carbocycles. The molecule has 1 amide bonds. The first-order chi connectivity index (χ1) is 18.9. The SMILES string of the molecule is BC(B)(O)C1(C(B)(B)O[C@]2(c3ccc(Cl)cc3)c3c(F)cc(C(C)(C)O)cc3C(=O)N2Cc2ccc(Cl)cn2)CC1. The lowest BCUT2D eigenvalue weighted by Gasteiger charge is -2.51. The minimum absolute atomic E-state index is 0.0315. The van der Waals surface area contributed by atoms with Gasteiger partial charge in [0, 0.05) is 27.6 Å². The van der Waals surface area contributed by atoms with E-state index in [1.54, 1.807) is 52.1 Å². The van der Waals surface area contributed by atoms with E-state index < -0.39 is 39.3 Å². The molecule has 6 nitrogen and oxygen atoms in total. The van der Waals surface area contributed by atoms with Crippen molar-refractivity contribution in [1.82, 2.24) is 9.88 Å². The number of aliphatic hydroxyl groups is 2. The van der Waals surface area contributed by atoms with Crippen LogP contribution in [0.4, 0.5) is 4.39 Å². The third-order valence-corrected chi connectivity index (χ3v) is 9.29. The zero-order valence-corrected chi connectivity index (χ0v) is 25.6. The largest absolute Gasteiger partial charge is 0.407 e. The standard InChI is InChI=1S/C28H31B4Cl2FN2O4/c1-24(2,39)16-11-20-22(21(35)12-16)26(15-3-5-17(33)6-4-15,41-28(31,32)25(9-10-25)27(29,30)40)37(23(20)38)14-19-8-7-18(34)13-36-19/h3-8,11-13,39-40H,9-10,14,29-32H2,1-2H3/t26-/m1/s1. The van der Waals surface area contributed by atoms with Crippen LogP contribution >= 0.6 is 23.2 Å². The topological polar surface area (TPSA) is 82.9 Å². The summed E-state index contributed by atoms with van der Waals surface area (Å²) in [6, 6.07) is 12.9. The fraction of sp³-hybridized carbons (Fsp3) is 0.357. The van der Waals surface area contributed by atoms with E-state index in [9.17, 15) is 15.0 Å². The molecule has 0 saturated heterocycles. The van der Waals surface area contributed by atoms with Gasteiger partial charge in [-0.25, -0.2) is 4.39 Å². The first kappa shape index (κ1) is 30.2. The summed E-state index contributed by atoms with van der Waals surface area (Å²) in [5.41, 5.74) is -2.44. The summed E-state index contributed by atoms with van der Waals surface area (Å²) in [7, 11) is 7.25. The number of carbonyl (C=O) groups is 1. The number of carbonyl (C=O) groups excluding carboxylic acids is 1. The highest BCUT2D eigenvalue weighted by atomic mass is 35.5. The van der Waals surface area contributed by atoms with Crippen LogP contribution in [0.1, 0.15) is 59.4 Å². The molecule has 1 atom stereocenters. The zero-order valence-electron chi connectivity index (χ0n) is 24.1. The molecule has 0 unspecified atom stereocenters. The molecule has 0 radical (unpaired) electrons. The zero-order chi connectivity index (χ0) is 30.2. The van der Waals surface area contributed by atoms with E-state index in [0.717, 1.165) is 0 Å². The third kappa shape index (κ3) is 4.94. The lowest BCUT2D eigenvalue weighted by atomic mass is 9.43. The monoisotopic (exact) mass is 592 g/mol. The molecule has 41 heavy (non-hydrogen) atoms. The van der Waals surface area contributed by atoms with Gasteiger partial charge in [-0.2, -0.15) is 0 Å². The van der Waals surface area contributed by atoms with Gasteiger partial charge in [0.05, 0.1) is 34.0 Å². The molecule has 2 N–H and O–H groups in total. The Kier molecular flexibility index (Phi) is 7.27. The summed E-state index contributed by atoms with van der Waals surface area (Å²) < 4.78 is 23.6. The number of rotatable bonds is 8. The Morgan fingerprint density at radius 1 is 1.02 bits per heavy atom. The number of amides is 1. The highest BCUT2D eigenvalue weighted by molar-refractivity contribution is 6.45. The lowest BCUT2D eigenvalue weighted by molar-refractivity contribution is -0.169. The second-order valence-electron chi connectivity index (χ2n) is 12.7. The number of hydrogen-bond donors (Lipinski definition) is 2. The van der Waals surface area contributed by atoms with Crippen molar-refractivity contribution in [3.63, 3.8) is 0 Å². The van der Waals surface area contributed by atoms with Gasteiger partial charge in [-0.05, 0) is 74.1 Å². The normalized spacial score (nSPS) is 20.3. The number of nitrogens with zero attached hydrogens (tertiary/aromatic N) is 2. The molecule has 0 bridgehead atoms. The number of benzene rings is 2. The molecular formula is C28H31B4Cl2FN2O4. The Morgan fingerprint density at radius 2 is 1.63 bits per heavy atom. The molecule has 1 fully saturated rings. The van der Waals surface area contributed by atoms with Crippen LogP contribution in [-0.2, 0) is 22.6 Å². The Hall–Kier alpha value is -2.29. The van der Waals surface area contributed by atoms with Crippen molar-refractivity contribution in [3.05, 3.63) is 98.5 Å². The first-order valence-corrected chi connectivity index (χ1v) is 14.4. The van der Waals surface area contributed by atoms with Gasteiger partial charge in [0.2, 0.25) is 0 Å². The van der Waals surface area contributed by atoms with Crippen molar-refractivity contribution >= 4 is 60.5 Å². The highest BCUT2D eigenvalue weighted by Gasteiger charge is 2.66. The quantitative estimate of drug-likeness (QED) is 0.385. The maximum Gasteiger partial charge on any atom is 0.257 e. The average molecular weight is 593 g/mol. The predicted molar refractivity (Wildman–Crippen MR) is 168 cm³/mol. The number of hydrogen-bond acceptors (Lipinski definition) is 5. The highest BCUT2D eigenvalue weighted by Crippen LogP contribution is 2.61. The Bertz CT molecular complexity index is 1510. The van der Waals surface area contributed by atoms with Gasteiger partial charge in [-0.3, -0.25) is 14.7 Å². The van der Waals surface area contributed by atoms with E-state index in [0.29, 0.717) is 34.1 Å². The summed E-state index contributed by atoms with van der Waals surface area (Å²) in [5.74, 6) is -1.18. The van der Waals surface area contributed by atoms with Gasteiger partial charge >= 0.3 is 0 Å². The molecule has 0 spiro atoms. The van der Waals surface area contributed by atoms with Crippen molar-refractivity contribution in [1.29, 1.82) is 0 Å². The van der Waals surface area contributed by atoms with Crippen molar-refractivity contribution in [3.8, 4) is 0 Å². The number of aromatic nitrogens is 1. The first-order valence-electron chi connectivity index (χ1n) is 13.6. The van der Waals surface area contributed by atoms with E-state index in [4.69, 9.17) is 27.9 Å². The van der Waals surface area contributed by atoms with E-state index in [-0.39, 0.29) is 23.2 Å². The maximum atomic E-state index is 16.5. The van der Waals surface area contributed by atoms with Gasteiger partial charge in [0.15, 0.2) is 5.72 Å². The number of halogens is 3. The van der Waals surface area contributed by atoms with Crippen LogP contribution in [0.15, 0.2) is 54.7 Å². The average Bonchev–Trinajstić information content (AvgIpc) is 3.66. The Morgan fingerprint density at radius 3 is 2.15 bits per heavy atom. The van der Waals surface area contributed by atoms with Crippen LogP contribution < -0.4 is 0 Å².